The molecule has 308 valence electrons. The number of methoxy groups -OCH3 is 1. The Hall–Kier alpha value is -4.83. The van der Waals surface area contributed by atoms with Crippen LogP contribution < -0.4 is 20.7 Å². The lowest BCUT2D eigenvalue weighted by molar-refractivity contribution is -0.160. The Bertz CT molecular complexity index is 2010. The minimum Gasteiger partial charge on any atom is -0.507 e. The van der Waals surface area contributed by atoms with Crippen molar-refractivity contribution in [3.8, 4) is 11.5 Å². The number of aromatic hydroxyl groups is 1. The summed E-state index contributed by atoms with van der Waals surface area (Å²) >= 11 is 0. The van der Waals surface area contributed by atoms with Crippen LogP contribution in [0.1, 0.15) is 93.2 Å². The first-order valence-electron chi connectivity index (χ1n) is 19.4. The SMILES string of the molecule is CO[C@H]1/C=C/O[C@@]2(C)Oc3c(C)c(O)c4c(c3C2=O)C2=NC3(CCNCC3)NC2=C(NC(=O)/C(C)=C\C=C\[C@H](C)[C@H](O)[C@@H](C)[C@@H](O)[C@@H](C)[C@H](OC(C)=O)[C@@H]1C)C4=O. The Morgan fingerprint density at radius 1 is 0.947 bits per heavy atom. The number of carbonyl (C=O) groups excluding carboxylic acids is 4. The second-order valence-electron chi connectivity index (χ2n) is 16.1. The van der Waals surface area contributed by atoms with Crippen LogP contribution in [0.25, 0.3) is 0 Å². The van der Waals surface area contributed by atoms with Gasteiger partial charge in [0.1, 0.15) is 29.0 Å². The first kappa shape index (κ1) is 41.8. The van der Waals surface area contributed by atoms with Crippen molar-refractivity contribution in [2.45, 2.75) is 104 Å². The predicted molar refractivity (Wildman–Crippen MR) is 208 cm³/mol. The second-order valence-corrected chi connectivity index (χ2v) is 16.1. The lowest BCUT2D eigenvalue weighted by Gasteiger charge is -2.38. The molecule has 57 heavy (non-hydrogen) atoms. The van der Waals surface area contributed by atoms with E-state index in [1.807, 2.05) is 0 Å². The van der Waals surface area contributed by atoms with E-state index in [4.69, 9.17) is 23.9 Å². The molecule has 5 aliphatic rings. The highest BCUT2D eigenvalue weighted by molar-refractivity contribution is 6.34. The third-order valence-corrected chi connectivity index (χ3v) is 12.1. The summed E-state index contributed by atoms with van der Waals surface area (Å²) in [7, 11) is 1.46. The number of aliphatic hydroxyl groups excluding tert-OH is 2. The maximum atomic E-state index is 14.6. The van der Waals surface area contributed by atoms with E-state index in [1.54, 1.807) is 52.8 Å². The van der Waals surface area contributed by atoms with Crippen molar-refractivity contribution in [1.82, 2.24) is 16.0 Å². The largest absolute Gasteiger partial charge is 0.507 e. The van der Waals surface area contributed by atoms with Crippen LogP contribution in [0.15, 0.2) is 52.5 Å². The van der Waals surface area contributed by atoms with Gasteiger partial charge in [-0.3, -0.25) is 24.2 Å². The number of carbonyl (C=O) groups is 4. The number of nitrogens with zero attached hydrogens (tertiary/aromatic N) is 1. The Balaban J connectivity index is 1.50. The van der Waals surface area contributed by atoms with E-state index < -0.39 is 88.7 Å². The van der Waals surface area contributed by atoms with E-state index in [2.05, 4.69) is 16.0 Å². The van der Waals surface area contributed by atoms with Crippen LogP contribution in [0, 0.1) is 30.6 Å². The standard InChI is InChI=1S/C42H54N4O11/c1-19-11-10-12-20(2)40(53)44-32-31-30(45-42(46-31)14-16-43-17-15-42)27-28(36(32)51)35(50)24(6)38-29(27)39(52)41(8,57-38)55-18-13-26(54-9)21(3)37(56-25(7)47)23(5)34(49)22(4)33(19)48/h10-13,18-19,21-23,26,33-34,37,43,46,48-50H,14-17H2,1-9H3,(H,44,53)/b11-10+,18-13+,20-12-/t19-,21+,22+,23+,26-,33-,34+,37+,41-/m0/s1. The molecule has 1 saturated heterocycles. The summed E-state index contributed by atoms with van der Waals surface area (Å²) in [5.41, 5.74) is -0.254. The van der Waals surface area contributed by atoms with Gasteiger partial charge in [-0.2, -0.15) is 0 Å². The Kier molecular flexibility index (Phi) is 11.6. The van der Waals surface area contributed by atoms with E-state index in [9.17, 15) is 34.5 Å². The number of hydrogen-bond donors (Lipinski definition) is 6. The number of hydrogen-bond acceptors (Lipinski definition) is 14. The van der Waals surface area contributed by atoms with Crippen molar-refractivity contribution < 1.29 is 53.4 Å². The number of ketones is 2. The molecule has 1 aromatic carbocycles. The van der Waals surface area contributed by atoms with Gasteiger partial charge in [0.2, 0.25) is 5.78 Å². The Morgan fingerprint density at radius 3 is 2.28 bits per heavy atom. The van der Waals surface area contributed by atoms with Crippen LogP contribution in [0.5, 0.6) is 11.5 Å². The van der Waals surface area contributed by atoms with Crippen molar-refractivity contribution in [2.24, 2.45) is 28.7 Å². The number of rotatable bonds is 2. The van der Waals surface area contributed by atoms with Gasteiger partial charge in [0, 0.05) is 74.2 Å². The van der Waals surface area contributed by atoms with Gasteiger partial charge in [0.05, 0.1) is 47.1 Å². The number of aliphatic hydroxyl groups is 2. The van der Waals surface area contributed by atoms with Crippen molar-refractivity contribution >= 4 is 29.2 Å². The fourth-order valence-corrected chi connectivity index (χ4v) is 8.49. The predicted octanol–water partition coefficient (Wildman–Crippen LogP) is 3.25. The van der Waals surface area contributed by atoms with E-state index in [0.29, 0.717) is 25.9 Å². The quantitative estimate of drug-likeness (QED) is 0.238. The number of amides is 1. The van der Waals surface area contributed by atoms with Crippen LogP contribution in [0.3, 0.4) is 0 Å². The molecule has 0 radical (unpaired) electrons. The lowest BCUT2D eigenvalue weighted by Crippen LogP contribution is -2.49. The van der Waals surface area contributed by atoms with Gasteiger partial charge in [-0.1, -0.05) is 45.9 Å². The average Bonchev–Trinajstić information content (AvgIpc) is 3.67. The number of fused-ring (bicyclic) bond motifs is 3. The lowest BCUT2D eigenvalue weighted by atomic mass is 9.78. The molecule has 5 bridgehead atoms. The number of allylic oxidation sites excluding steroid dienone is 4. The zero-order valence-electron chi connectivity index (χ0n) is 33.9. The highest BCUT2D eigenvalue weighted by Gasteiger charge is 2.54. The van der Waals surface area contributed by atoms with Crippen molar-refractivity contribution in [3.63, 3.8) is 0 Å². The smallest absolute Gasteiger partial charge is 0.312 e. The fourth-order valence-electron chi connectivity index (χ4n) is 8.49. The molecular formula is C42H54N4O11. The van der Waals surface area contributed by atoms with Gasteiger partial charge in [-0.05, 0) is 33.0 Å². The third-order valence-electron chi connectivity index (χ3n) is 12.1. The minimum absolute atomic E-state index is 0.00875. The highest BCUT2D eigenvalue weighted by Crippen LogP contribution is 2.50. The molecule has 6 rings (SSSR count). The number of phenols is 1. The summed E-state index contributed by atoms with van der Waals surface area (Å²) in [5.74, 6) is -7.26. The number of aliphatic imine (C=N–C) groups is 1. The molecule has 1 amide bonds. The van der Waals surface area contributed by atoms with Crippen LogP contribution >= 0.6 is 0 Å². The van der Waals surface area contributed by atoms with Gasteiger partial charge in [-0.25, -0.2) is 0 Å². The first-order chi connectivity index (χ1) is 26.9. The fraction of sp³-hybridized carbons (Fsp3) is 0.548. The van der Waals surface area contributed by atoms with Gasteiger partial charge in [0.25, 0.3) is 11.7 Å². The number of benzene rings is 1. The van der Waals surface area contributed by atoms with E-state index in [0.717, 1.165) is 0 Å². The normalized spacial score (nSPS) is 34.9. The summed E-state index contributed by atoms with van der Waals surface area (Å²) < 4.78 is 23.8. The molecule has 1 aromatic rings. The minimum atomic E-state index is -1.96. The molecule has 15 heteroatoms. The monoisotopic (exact) mass is 790 g/mol. The molecule has 0 unspecified atom stereocenters. The summed E-state index contributed by atoms with van der Waals surface area (Å²) in [6, 6.07) is 0. The number of ether oxygens (including phenoxy) is 4. The number of nitrogens with one attached hydrogen (secondary N) is 3. The van der Waals surface area contributed by atoms with Crippen molar-refractivity contribution in [2.75, 3.05) is 20.2 Å². The third kappa shape index (κ3) is 7.41. The van der Waals surface area contributed by atoms with Gasteiger partial charge in [0.15, 0.2) is 0 Å². The topological polar surface area (TPSA) is 214 Å². The molecule has 15 nitrogen and oxygen atoms in total. The van der Waals surface area contributed by atoms with Crippen molar-refractivity contribution in [1.29, 1.82) is 0 Å². The highest BCUT2D eigenvalue weighted by atomic mass is 16.7. The molecule has 0 aromatic heterocycles. The van der Waals surface area contributed by atoms with Gasteiger partial charge >= 0.3 is 11.8 Å². The zero-order chi connectivity index (χ0) is 41.7. The molecule has 9 atom stereocenters. The Morgan fingerprint density at radius 2 is 1.63 bits per heavy atom. The first-order valence-corrected chi connectivity index (χ1v) is 19.4. The molecule has 1 fully saturated rings. The molecule has 4 heterocycles. The van der Waals surface area contributed by atoms with Crippen LogP contribution in [-0.4, -0.2) is 101 Å². The summed E-state index contributed by atoms with van der Waals surface area (Å²) in [4.78, 5) is 60.3. The number of piperidine rings is 1. The van der Waals surface area contributed by atoms with E-state index in [-0.39, 0.29) is 50.7 Å². The zero-order valence-corrected chi connectivity index (χ0v) is 33.9. The van der Waals surface area contributed by atoms with Gasteiger partial charge < -0.3 is 50.2 Å². The van der Waals surface area contributed by atoms with Crippen molar-refractivity contribution in [3.05, 3.63) is 69.8 Å². The second kappa shape index (κ2) is 15.8. The van der Waals surface area contributed by atoms with Crippen LogP contribution in [0.4, 0.5) is 0 Å². The summed E-state index contributed by atoms with van der Waals surface area (Å²) in [6.07, 6.45) is 4.95. The molecule has 1 aliphatic carbocycles. The summed E-state index contributed by atoms with van der Waals surface area (Å²) in [6.45, 7) is 14.0. The molecule has 0 saturated carbocycles. The average molecular weight is 791 g/mol. The van der Waals surface area contributed by atoms with Crippen LogP contribution in [0.2, 0.25) is 0 Å². The van der Waals surface area contributed by atoms with E-state index >= 15 is 0 Å². The Labute approximate surface area is 332 Å². The number of phenolic OH excluding ortho intramolecular Hbond substituents is 1. The van der Waals surface area contributed by atoms with Crippen LogP contribution in [-0.2, 0) is 23.8 Å². The maximum absolute atomic E-state index is 14.6. The van der Waals surface area contributed by atoms with E-state index in [1.165, 1.54) is 40.2 Å². The molecule has 1 spiro atoms. The van der Waals surface area contributed by atoms with Gasteiger partial charge in [-0.15, -0.1) is 0 Å². The maximum Gasteiger partial charge on any atom is 0.312 e. The summed E-state index contributed by atoms with van der Waals surface area (Å²) in [5, 5.41) is 44.0. The number of esters is 1. The molecular weight excluding hydrogens is 736 g/mol. The number of Topliss-reactive ketones (excluding diaryl/α,β-unsaturated/α-hetero) is 2. The molecule has 6 N–H and O–H groups in total. The molecule has 4 aliphatic heterocycles.